The highest BCUT2D eigenvalue weighted by Gasteiger charge is 2.28. The smallest absolute Gasteiger partial charge is 0.241 e. The lowest BCUT2D eigenvalue weighted by atomic mass is 9.97. The van der Waals surface area contributed by atoms with Gasteiger partial charge in [-0.05, 0) is 63.9 Å². The molecule has 1 fully saturated rings. The third-order valence-electron chi connectivity index (χ3n) is 5.20. The largest absolute Gasteiger partial charge is 0.347 e. The number of amides is 1. The Kier molecular flexibility index (Phi) is 6.24. The van der Waals surface area contributed by atoms with Gasteiger partial charge in [-0.1, -0.05) is 29.5 Å². The zero-order valence-electron chi connectivity index (χ0n) is 18.5. The molecule has 3 aromatic rings. The van der Waals surface area contributed by atoms with Crippen molar-refractivity contribution < 1.29 is 13.2 Å². The van der Waals surface area contributed by atoms with Gasteiger partial charge in [0.1, 0.15) is 0 Å². The zero-order chi connectivity index (χ0) is 22.9. The van der Waals surface area contributed by atoms with E-state index < -0.39 is 15.6 Å². The fraction of sp³-hybridized carbons (Fsp3) is 0.391. The van der Waals surface area contributed by atoms with Gasteiger partial charge < -0.3 is 10.2 Å². The Morgan fingerprint density at radius 3 is 2.69 bits per heavy atom. The Labute approximate surface area is 192 Å². The number of hydrogen-bond acceptors (Lipinski definition) is 6. The Bertz CT molecular complexity index is 1200. The zero-order valence-corrected chi connectivity index (χ0v) is 20.1. The summed E-state index contributed by atoms with van der Waals surface area (Å²) >= 11 is 1.64. The molecule has 0 unspecified atom stereocenters. The van der Waals surface area contributed by atoms with Gasteiger partial charge in [-0.15, -0.1) is 0 Å². The summed E-state index contributed by atoms with van der Waals surface area (Å²) in [6.45, 7) is 6.83. The number of thiazole rings is 1. The first-order valence-corrected chi connectivity index (χ1v) is 13.0. The maximum absolute atomic E-state index is 13.0. The third kappa shape index (κ3) is 5.28. The molecule has 32 heavy (non-hydrogen) atoms. The first-order chi connectivity index (χ1) is 15.1. The van der Waals surface area contributed by atoms with E-state index in [2.05, 4.69) is 21.0 Å². The number of anilines is 2. The lowest BCUT2D eigenvalue weighted by Gasteiger charge is -2.31. The second-order valence-electron chi connectivity index (χ2n) is 9.12. The number of aromatic nitrogens is 1. The van der Waals surface area contributed by atoms with Crippen LogP contribution >= 0.6 is 11.3 Å². The number of fused-ring (bicyclic) bond motifs is 1. The van der Waals surface area contributed by atoms with Crippen molar-refractivity contribution in [2.24, 2.45) is 5.92 Å². The Morgan fingerprint density at radius 1 is 1.16 bits per heavy atom. The summed E-state index contributed by atoms with van der Waals surface area (Å²) in [5, 5.41) is 3.85. The van der Waals surface area contributed by atoms with Gasteiger partial charge in [0, 0.05) is 24.3 Å². The first-order valence-electron chi connectivity index (χ1n) is 10.7. The van der Waals surface area contributed by atoms with Crippen molar-refractivity contribution in [2.45, 2.75) is 44.0 Å². The van der Waals surface area contributed by atoms with Gasteiger partial charge in [-0.3, -0.25) is 4.79 Å². The molecule has 0 aliphatic carbocycles. The van der Waals surface area contributed by atoms with Crippen LogP contribution in [0.5, 0.6) is 0 Å². The molecule has 1 amide bonds. The maximum atomic E-state index is 13.0. The lowest BCUT2D eigenvalue weighted by Crippen LogP contribution is -2.41. The molecular formula is C23H28N4O3S2. The monoisotopic (exact) mass is 472 g/mol. The number of carbonyl (C=O) groups is 1. The summed E-state index contributed by atoms with van der Waals surface area (Å²) in [7, 11) is -3.68. The number of carbonyl (C=O) groups excluding carboxylic acids is 1. The molecular weight excluding hydrogens is 444 g/mol. The van der Waals surface area contributed by atoms with Crippen LogP contribution in [0.25, 0.3) is 10.2 Å². The van der Waals surface area contributed by atoms with Gasteiger partial charge in [0.25, 0.3) is 0 Å². The Morgan fingerprint density at radius 2 is 1.94 bits per heavy atom. The van der Waals surface area contributed by atoms with Crippen molar-refractivity contribution in [3.63, 3.8) is 0 Å². The van der Waals surface area contributed by atoms with Gasteiger partial charge in [0.15, 0.2) is 5.13 Å². The highest BCUT2D eigenvalue weighted by molar-refractivity contribution is 7.89. The molecule has 170 valence electrons. The number of rotatable bonds is 5. The molecule has 2 N–H and O–H groups in total. The summed E-state index contributed by atoms with van der Waals surface area (Å²) in [6.07, 6.45) is 1.69. The van der Waals surface area contributed by atoms with Crippen molar-refractivity contribution >= 4 is 48.3 Å². The summed E-state index contributed by atoms with van der Waals surface area (Å²) < 4.78 is 29.0. The molecule has 7 nitrogen and oxygen atoms in total. The number of nitrogens with one attached hydrogen (secondary N) is 2. The number of nitrogens with zero attached hydrogens (tertiary/aromatic N) is 2. The SMILES string of the molecule is CC(C)(C)NS(=O)(=O)c1cccc(NC(=O)[C@H]2CCCN(c3nc4ccccc4s3)C2)c1. The van der Waals surface area contributed by atoms with Crippen LogP contribution < -0.4 is 14.9 Å². The molecule has 1 aliphatic heterocycles. The van der Waals surface area contributed by atoms with Gasteiger partial charge in [-0.25, -0.2) is 18.1 Å². The Hall–Kier alpha value is -2.49. The van der Waals surface area contributed by atoms with Crippen molar-refractivity contribution in [3.8, 4) is 0 Å². The van der Waals surface area contributed by atoms with E-state index in [0.717, 1.165) is 34.7 Å². The fourth-order valence-corrected chi connectivity index (χ4v) is 6.27. The summed E-state index contributed by atoms with van der Waals surface area (Å²) in [5.74, 6) is -0.294. The minimum atomic E-state index is -3.68. The van der Waals surface area contributed by atoms with Crippen LogP contribution in [-0.2, 0) is 14.8 Å². The Balaban J connectivity index is 1.46. The minimum absolute atomic E-state index is 0.103. The van der Waals surface area contributed by atoms with Crippen LogP contribution in [0.15, 0.2) is 53.4 Å². The number of hydrogen-bond donors (Lipinski definition) is 2. The van der Waals surface area contributed by atoms with Gasteiger partial charge in [0.05, 0.1) is 21.0 Å². The molecule has 4 rings (SSSR count). The molecule has 0 spiro atoms. The quantitative estimate of drug-likeness (QED) is 0.580. The van der Waals surface area contributed by atoms with E-state index in [4.69, 9.17) is 4.98 Å². The number of piperidine rings is 1. The van der Waals surface area contributed by atoms with E-state index in [1.165, 1.54) is 12.1 Å². The summed E-state index contributed by atoms with van der Waals surface area (Å²) in [6, 6.07) is 14.4. The minimum Gasteiger partial charge on any atom is -0.347 e. The second-order valence-corrected chi connectivity index (χ2v) is 11.8. The van der Waals surface area contributed by atoms with E-state index >= 15 is 0 Å². The van der Waals surface area contributed by atoms with Crippen molar-refractivity contribution in [3.05, 3.63) is 48.5 Å². The van der Waals surface area contributed by atoms with E-state index in [0.29, 0.717) is 12.2 Å². The molecule has 1 aliphatic rings. The molecule has 0 saturated carbocycles. The van der Waals surface area contributed by atoms with Gasteiger partial charge in [-0.2, -0.15) is 0 Å². The number of benzene rings is 2. The normalized spacial score (nSPS) is 17.5. The average Bonchev–Trinajstić information content (AvgIpc) is 3.17. The number of sulfonamides is 1. The van der Waals surface area contributed by atoms with Crippen LogP contribution in [0.2, 0.25) is 0 Å². The van der Waals surface area contributed by atoms with Crippen LogP contribution in [-0.4, -0.2) is 37.9 Å². The van der Waals surface area contributed by atoms with E-state index in [1.807, 2.05) is 18.2 Å². The molecule has 1 atom stereocenters. The van der Waals surface area contributed by atoms with Crippen LogP contribution in [0.1, 0.15) is 33.6 Å². The molecule has 1 saturated heterocycles. The van der Waals surface area contributed by atoms with Gasteiger partial charge >= 0.3 is 0 Å². The van der Waals surface area contributed by atoms with Crippen LogP contribution in [0.4, 0.5) is 10.8 Å². The standard InChI is InChI=1S/C23H28N4O3S2/c1-23(2,3)26-32(29,30)18-10-6-9-17(14-18)24-21(28)16-8-7-13-27(15-16)22-25-19-11-4-5-12-20(19)31-22/h4-6,9-12,14,16,26H,7-8,13,15H2,1-3H3,(H,24,28)/t16-/m0/s1. The maximum Gasteiger partial charge on any atom is 0.241 e. The van der Waals surface area contributed by atoms with Crippen LogP contribution in [0, 0.1) is 5.92 Å². The summed E-state index contributed by atoms with van der Waals surface area (Å²) in [5.41, 5.74) is 0.856. The average molecular weight is 473 g/mol. The molecule has 0 radical (unpaired) electrons. The van der Waals surface area contributed by atoms with Gasteiger partial charge in [0.2, 0.25) is 15.9 Å². The predicted octanol–water partition coefficient (Wildman–Crippen LogP) is 4.23. The molecule has 1 aromatic heterocycles. The molecule has 2 aromatic carbocycles. The van der Waals surface area contributed by atoms with E-state index in [1.54, 1.807) is 44.2 Å². The van der Waals surface area contributed by atoms with Crippen LogP contribution in [0.3, 0.4) is 0 Å². The second kappa shape index (κ2) is 8.80. The molecule has 9 heteroatoms. The van der Waals surface area contributed by atoms with Crippen molar-refractivity contribution in [1.29, 1.82) is 0 Å². The predicted molar refractivity (Wildman–Crippen MR) is 130 cm³/mol. The molecule has 2 heterocycles. The van der Waals surface area contributed by atoms with E-state index in [9.17, 15) is 13.2 Å². The highest BCUT2D eigenvalue weighted by Crippen LogP contribution is 2.31. The van der Waals surface area contributed by atoms with E-state index in [-0.39, 0.29) is 16.7 Å². The molecule has 0 bridgehead atoms. The fourth-order valence-electron chi connectivity index (χ4n) is 3.81. The summed E-state index contributed by atoms with van der Waals surface area (Å²) in [4.78, 5) is 20.0. The highest BCUT2D eigenvalue weighted by atomic mass is 32.2. The van der Waals surface area contributed by atoms with Crippen molar-refractivity contribution in [1.82, 2.24) is 9.71 Å². The first kappa shape index (κ1) is 22.7. The number of para-hydroxylation sites is 1. The lowest BCUT2D eigenvalue weighted by molar-refractivity contribution is -0.120. The third-order valence-corrected chi connectivity index (χ3v) is 8.05. The topological polar surface area (TPSA) is 91.4 Å². The van der Waals surface area contributed by atoms with Crippen molar-refractivity contribution in [2.75, 3.05) is 23.3 Å².